The first kappa shape index (κ1) is 31.6. The Labute approximate surface area is 250 Å². The molecule has 4 rings (SSSR count). The molecule has 1 saturated heterocycles. The Kier molecular flexibility index (Phi) is 10.4. The molecule has 14 heteroatoms. The van der Waals surface area contributed by atoms with Gasteiger partial charge in [-0.15, -0.1) is 0 Å². The van der Waals surface area contributed by atoms with Crippen LogP contribution in [0.1, 0.15) is 37.6 Å². The van der Waals surface area contributed by atoms with E-state index in [1.54, 1.807) is 42.5 Å². The third-order valence-corrected chi connectivity index (χ3v) is 8.31. The topological polar surface area (TPSA) is 158 Å². The van der Waals surface area contributed by atoms with Crippen LogP contribution >= 0.6 is 23.7 Å². The zero-order valence-corrected chi connectivity index (χ0v) is 25.3. The Morgan fingerprint density at radius 3 is 2.52 bits per heavy atom. The largest absolute Gasteiger partial charge is 0.459 e. The van der Waals surface area contributed by atoms with Gasteiger partial charge in [-0.05, 0) is 42.6 Å². The monoisotopic (exact) mass is 663 g/mol. The molecule has 4 atom stereocenters. The number of H-pyrrole nitrogens is 1. The molecular weight excluding hydrogens is 633 g/mol. The van der Waals surface area contributed by atoms with E-state index in [1.165, 1.54) is 31.1 Å². The third kappa shape index (κ3) is 8.15. The highest BCUT2D eigenvalue weighted by atomic mass is 79.9. The Morgan fingerprint density at radius 1 is 1.19 bits per heavy atom. The molecule has 0 spiro atoms. The second-order valence-corrected chi connectivity index (χ2v) is 12.2. The molecular formula is C28H31BrN3O9P. The summed E-state index contributed by atoms with van der Waals surface area (Å²) in [7, 11) is -4.29. The number of nitrogens with one attached hydrogen (secondary N) is 2. The van der Waals surface area contributed by atoms with Crippen LogP contribution in [0.15, 0.2) is 81.4 Å². The first-order valence-electron chi connectivity index (χ1n) is 13.0. The number of rotatable bonds is 12. The molecule has 1 aliphatic heterocycles. The number of nitrogens with zero attached hydrogens (tertiary/aromatic N) is 1. The molecule has 2 unspecified atom stereocenters. The summed E-state index contributed by atoms with van der Waals surface area (Å²) in [5, 5.41) is 13.4. The van der Waals surface area contributed by atoms with E-state index in [4.69, 9.17) is 18.5 Å². The van der Waals surface area contributed by atoms with Crippen molar-refractivity contribution in [1.82, 2.24) is 14.6 Å². The number of esters is 1. The van der Waals surface area contributed by atoms with Crippen molar-refractivity contribution in [3.05, 3.63) is 104 Å². The summed E-state index contributed by atoms with van der Waals surface area (Å²) < 4.78 is 37.8. The van der Waals surface area contributed by atoms with Gasteiger partial charge in [-0.2, -0.15) is 5.09 Å². The molecule has 0 bridgehead atoms. The number of aromatic nitrogens is 2. The molecule has 0 saturated carbocycles. The lowest BCUT2D eigenvalue weighted by Gasteiger charge is -2.30. The van der Waals surface area contributed by atoms with Crippen LogP contribution in [0.3, 0.4) is 0 Å². The molecule has 2 aromatic carbocycles. The molecule has 1 aliphatic rings. The molecule has 2 heterocycles. The van der Waals surface area contributed by atoms with Crippen molar-refractivity contribution < 1.29 is 33.0 Å². The van der Waals surface area contributed by atoms with E-state index < -0.39 is 55.5 Å². The van der Waals surface area contributed by atoms with Crippen LogP contribution in [0.5, 0.6) is 5.75 Å². The van der Waals surface area contributed by atoms with Crippen molar-refractivity contribution in [2.45, 2.75) is 50.8 Å². The summed E-state index contributed by atoms with van der Waals surface area (Å²) in [5.41, 5.74) is -1.85. The predicted octanol–water partition coefficient (Wildman–Crippen LogP) is 3.87. The number of benzene rings is 2. The van der Waals surface area contributed by atoms with Gasteiger partial charge in [0.25, 0.3) is 5.56 Å². The normalized spacial score (nSPS) is 20.3. The smallest absolute Gasteiger partial charge is 0.459 e. The lowest BCUT2D eigenvalue weighted by molar-refractivity contribution is -0.151. The molecule has 12 nitrogen and oxygen atoms in total. The van der Waals surface area contributed by atoms with Crippen LogP contribution in [0, 0.1) is 0 Å². The highest BCUT2D eigenvalue weighted by Gasteiger charge is 2.43. The van der Waals surface area contributed by atoms with E-state index in [9.17, 15) is 24.1 Å². The number of ether oxygens (including phenoxy) is 2. The van der Waals surface area contributed by atoms with Gasteiger partial charge in [0.2, 0.25) is 0 Å². The Balaban J connectivity index is 1.48. The fourth-order valence-corrected chi connectivity index (χ4v) is 6.07. The van der Waals surface area contributed by atoms with E-state index >= 15 is 0 Å². The maximum absolute atomic E-state index is 14.0. The minimum absolute atomic E-state index is 0.00792. The van der Waals surface area contributed by atoms with Crippen LogP contribution in [0.2, 0.25) is 0 Å². The molecule has 0 amide bonds. The van der Waals surface area contributed by atoms with Crippen molar-refractivity contribution in [3.8, 4) is 5.75 Å². The molecule has 0 aliphatic carbocycles. The standard InChI is InChI=1S/C28H31BrN3O9P/c1-28(2,26(35)38-17-19-9-5-3-6-10-19)31-42(37,41-21-11-7-4-8-12-21)39-18-23-22(33)15-24(40-23)32-16-20(13-14-29)25(34)30-27(32)36/h3-14,16,22-24,33H,15,17-18H2,1-2H3,(H,31,37)(H,30,34,36)/b14-13+/t22?,23-,24-,42?/m1/s1. The average molecular weight is 664 g/mol. The van der Waals surface area contributed by atoms with Gasteiger partial charge in [-0.25, -0.2) is 9.36 Å². The Bertz CT molecular complexity index is 1560. The number of aromatic amines is 1. The summed E-state index contributed by atoms with van der Waals surface area (Å²) in [6.07, 6.45) is -0.312. The fourth-order valence-electron chi connectivity index (χ4n) is 4.10. The first-order valence-corrected chi connectivity index (χ1v) is 15.4. The van der Waals surface area contributed by atoms with Crippen LogP contribution in [0.25, 0.3) is 6.08 Å². The lowest BCUT2D eigenvalue weighted by Crippen LogP contribution is -2.47. The quantitative estimate of drug-likeness (QED) is 0.192. The number of para-hydroxylation sites is 1. The molecule has 0 radical (unpaired) electrons. The Hall–Kier alpha value is -3.32. The second-order valence-electron chi connectivity index (χ2n) is 9.97. The molecule has 3 N–H and O–H groups in total. The SMILES string of the molecule is CC(C)(NP(=O)(OC[C@H]1O[C@@H](n2cc(/C=C/Br)c(=O)[nH]c2=O)CC1O)Oc1ccccc1)C(=O)OCc1ccccc1. The van der Waals surface area contributed by atoms with Gasteiger partial charge in [-0.3, -0.25) is 23.7 Å². The van der Waals surface area contributed by atoms with Crippen LogP contribution in [-0.4, -0.2) is 45.0 Å². The zero-order chi connectivity index (χ0) is 30.3. The minimum Gasteiger partial charge on any atom is -0.459 e. The van der Waals surface area contributed by atoms with Gasteiger partial charge in [-0.1, -0.05) is 64.5 Å². The summed E-state index contributed by atoms with van der Waals surface area (Å²) in [4.78, 5) is 41.1. The van der Waals surface area contributed by atoms with Gasteiger partial charge in [0.15, 0.2) is 0 Å². The number of carbonyl (C=O) groups excluding carboxylic acids is 1. The van der Waals surface area contributed by atoms with Crippen molar-refractivity contribution in [2.24, 2.45) is 0 Å². The van der Waals surface area contributed by atoms with Gasteiger partial charge in [0.1, 0.15) is 30.2 Å². The summed E-state index contributed by atoms with van der Waals surface area (Å²) >= 11 is 3.10. The van der Waals surface area contributed by atoms with Crippen molar-refractivity contribution >= 4 is 35.7 Å². The van der Waals surface area contributed by atoms with Gasteiger partial charge in [0, 0.05) is 12.6 Å². The van der Waals surface area contributed by atoms with Crippen molar-refractivity contribution in [1.29, 1.82) is 0 Å². The van der Waals surface area contributed by atoms with E-state index in [-0.39, 0.29) is 24.3 Å². The van der Waals surface area contributed by atoms with E-state index in [1.807, 2.05) is 18.2 Å². The average Bonchev–Trinajstić information content (AvgIpc) is 3.32. The minimum atomic E-state index is -4.29. The van der Waals surface area contributed by atoms with Gasteiger partial charge in [0.05, 0.1) is 18.3 Å². The number of carbonyl (C=O) groups is 1. The van der Waals surface area contributed by atoms with E-state index in [0.29, 0.717) is 0 Å². The summed E-state index contributed by atoms with van der Waals surface area (Å²) in [6.45, 7) is 2.54. The second kappa shape index (κ2) is 13.8. The predicted molar refractivity (Wildman–Crippen MR) is 158 cm³/mol. The first-order chi connectivity index (χ1) is 20.0. The Morgan fingerprint density at radius 2 is 1.86 bits per heavy atom. The maximum Gasteiger partial charge on any atom is 0.459 e. The summed E-state index contributed by atoms with van der Waals surface area (Å²) in [6, 6.07) is 17.3. The van der Waals surface area contributed by atoms with Crippen molar-refractivity contribution in [2.75, 3.05) is 6.61 Å². The highest BCUT2D eigenvalue weighted by molar-refractivity contribution is 9.11. The number of hydrogen-bond donors (Lipinski definition) is 3. The van der Waals surface area contributed by atoms with E-state index in [2.05, 4.69) is 26.0 Å². The fraction of sp³-hybridized carbons (Fsp3) is 0.321. The zero-order valence-electron chi connectivity index (χ0n) is 22.8. The van der Waals surface area contributed by atoms with Gasteiger partial charge < -0.3 is 19.1 Å². The molecule has 1 fully saturated rings. The van der Waals surface area contributed by atoms with Gasteiger partial charge >= 0.3 is 19.4 Å². The third-order valence-electron chi connectivity index (χ3n) is 6.27. The lowest BCUT2D eigenvalue weighted by atomic mass is 10.1. The van der Waals surface area contributed by atoms with Crippen LogP contribution < -0.4 is 20.9 Å². The highest BCUT2D eigenvalue weighted by Crippen LogP contribution is 2.47. The number of aliphatic hydroxyl groups is 1. The number of aliphatic hydroxyl groups excluding tert-OH is 1. The molecule has 42 heavy (non-hydrogen) atoms. The molecule has 3 aromatic rings. The summed E-state index contributed by atoms with van der Waals surface area (Å²) in [5.74, 6) is -0.491. The number of hydrogen-bond acceptors (Lipinski definition) is 9. The maximum atomic E-state index is 14.0. The number of halogens is 1. The van der Waals surface area contributed by atoms with Crippen LogP contribution in [-0.2, 0) is 30.0 Å². The van der Waals surface area contributed by atoms with Crippen molar-refractivity contribution in [3.63, 3.8) is 0 Å². The van der Waals surface area contributed by atoms with Crippen LogP contribution in [0.4, 0.5) is 0 Å². The molecule has 1 aromatic heterocycles. The molecule has 224 valence electrons. The van der Waals surface area contributed by atoms with E-state index in [0.717, 1.165) is 10.1 Å².